The molecule has 4 rings (SSSR count). The Hall–Kier alpha value is -4.56. The van der Waals surface area contributed by atoms with Crippen LogP contribution in [0.25, 0.3) is 0 Å². The molecule has 0 aliphatic carbocycles. The first-order chi connectivity index (χ1) is 18.2. The summed E-state index contributed by atoms with van der Waals surface area (Å²) in [4.78, 5) is 20.5. The average Bonchev–Trinajstić information content (AvgIpc) is 3.32. The third kappa shape index (κ3) is 5.51. The van der Waals surface area contributed by atoms with Gasteiger partial charge in [-0.25, -0.2) is 0 Å². The van der Waals surface area contributed by atoms with E-state index in [2.05, 4.69) is 10.5 Å². The number of rotatable bonds is 8. The molecule has 0 saturated carbocycles. The Morgan fingerprint density at radius 3 is 2.08 bits per heavy atom. The Bertz CT molecular complexity index is 1740. The number of anilines is 1. The van der Waals surface area contributed by atoms with E-state index in [1.54, 1.807) is 0 Å². The van der Waals surface area contributed by atoms with Crippen LogP contribution in [-0.2, 0) is 20.2 Å². The molecule has 0 aromatic heterocycles. The average molecular weight is 582 g/mol. The summed E-state index contributed by atoms with van der Waals surface area (Å²) in [7, 11) is -8.65. The first-order valence-corrected chi connectivity index (χ1v) is 13.3. The minimum Gasteiger partial charge on any atom is -0.490 e. The lowest BCUT2D eigenvalue weighted by Crippen LogP contribution is -2.38. The first kappa shape index (κ1) is 27.5. The van der Waals surface area contributed by atoms with Crippen molar-refractivity contribution in [2.45, 2.75) is 16.0 Å². The maximum absolute atomic E-state index is 12.1. The van der Waals surface area contributed by atoms with Gasteiger partial charge in [0, 0.05) is 34.9 Å². The van der Waals surface area contributed by atoms with Crippen molar-refractivity contribution in [2.24, 2.45) is 5.11 Å². The number of hydrazine groups is 2. The predicted octanol–water partition coefficient (Wildman–Crippen LogP) is 2.74. The molecule has 1 aliphatic heterocycles. The molecule has 39 heavy (non-hydrogen) atoms. The molecule has 0 bridgehead atoms. The van der Waals surface area contributed by atoms with Crippen LogP contribution in [0.4, 0.5) is 22.7 Å². The highest BCUT2D eigenvalue weighted by Crippen LogP contribution is 2.38. The van der Waals surface area contributed by atoms with Crippen LogP contribution in [0.3, 0.4) is 0 Å². The van der Waals surface area contributed by atoms with Gasteiger partial charge in [-0.3, -0.25) is 29.3 Å². The summed E-state index contributed by atoms with van der Waals surface area (Å²) in [5.74, 6) is -0.0287. The van der Waals surface area contributed by atoms with E-state index in [4.69, 9.17) is 4.74 Å². The molecule has 1 aliphatic rings. The summed E-state index contributed by atoms with van der Waals surface area (Å²) in [6.07, 6.45) is -1.34. The van der Waals surface area contributed by atoms with Gasteiger partial charge in [-0.2, -0.15) is 16.8 Å². The van der Waals surface area contributed by atoms with Crippen molar-refractivity contribution in [1.29, 1.82) is 0 Å². The maximum atomic E-state index is 12.1. The number of methoxy groups -OCH3 is 1. The van der Waals surface area contributed by atoms with Gasteiger partial charge in [0.2, 0.25) is 11.9 Å². The van der Waals surface area contributed by atoms with Crippen molar-refractivity contribution in [3.8, 4) is 5.75 Å². The maximum Gasteiger partial charge on any atom is 0.309 e. The van der Waals surface area contributed by atoms with Gasteiger partial charge < -0.3 is 4.74 Å². The number of ether oxygens (including phenoxy) is 1. The normalized spacial score (nSPS) is 15.6. The van der Waals surface area contributed by atoms with Gasteiger partial charge in [-0.15, -0.1) is 5.43 Å². The molecule has 1 unspecified atom stereocenters. The molecule has 0 fully saturated rings. The Kier molecular flexibility index (Phi) is 7.02. The summed E-state index contributed by atoms with van der Waals surface area (Å²) in [6.45, 7) is 0. The van der Waals surface area contributed by atoms with E-state index in [9.17, 15) is 46.2 Å². The molecule has 17 nitrogen and oxygen atoms in total. The summed E-state index contributed by atoms with van der Waals surface area (Å²) in [5.41, 5.74) is 2.37. The number of nitro groups is 2. The fourth-order valence-electron chi connectivity index (χ4n) is 3.63. The van der Waals surface area contributed by atoms with Crippen LogP contribution in [-0.4, -0.2) is 47.7 Å². The van der Waals surface area contributed by atoms with E-state index >= 15 is 0 Å². The largest absolute Gasteiger partial charge is 0.490 e. The smallest absolute Gasteiger partial charge is 0.309 e. The number of nitro benzene ring substituents is 2. The SMILES string of the molecule is COc1cc([N+](=O)[O-])ccc1[N+]1=NC(c2ccc(S(=O)(=O)O)cc2S(=O)(=O)O)NN1c1ccc([N+](=O)[O-])cc1. The van der Waals surface area contributed by atoms with Gasteiger partial charge in [-0.1, -0.05) is 6.07 Å². The third-order valence-electron chi connectivity index (χ3n) is 5.41. The minimum atomic E-state index is -5.05. The van der Waals surface area contributed by atoms with Crippen molar-refractivity contribution >= 4 is 43.0 Å². The Labute approximate surface area is 219 Å². The zero-order chi connectivity index (χ0) is 28.7. The fourth-order valence-corrected chi connectivity index (χ4v) is 4.96. The minimum absolute atomic E-state index is 0.0287. The number of non-ortho nitro benzene ring substituents is 2. The zero-order valence-electron chi connectivity index (χ0n) is 19.5. The number of nitrogens with one attached hydrogen (secondary N) is 1. The number of nitrogens with zero attached hydrogens (tertiary/aromatic N) is 5. The molecular formula is C20H17N6O11S2+. The summed E-state index contributed by atoms with van der Waals surface area (Å²) in [5, 5.41) is 27.9. The molecule has 204 valence electrons. The molecule has 0 spiro atoms. The molecule has 0 radical (unpaired) electrons. The quantitative estimate of drug-likeness (QED) is 0.150. The van der Waals surface area contributed by atoms with Gasteiger partial charge in [0.15, 0.2) is 0 Å². The molecule has 3 aromatic carbocycles. The van der Waals surface area contributed by atoms with E-state index in [0.717, 1.165) is 29.1 Å². The van der Waals surface area contributed by atoms with Crippen molar-refractivity contribution < 1.29 is 45.3 Å². The van der Waals surface area contributed by atoms with Gasteiger partial charge in [0.25, 0.3) is 31.6 Å². The Morgan fingerprint density at radius 2 is 1.54 bits per heavy atom. The molecular weight excluding hydrogens is 564 g/mol. The summed E-state index contributed by atoms with van der Waals surface area (Å²) in [6, 6.07) is 11.0. The second kappa shape index (κ2) is 9.96. The summed E-state index contributed by atoms with van der Waals surface area (Å²) >= 11 is 0. The van der Waals surface area contributed by atoms with Crippen LogP contribution in [0.15, 0.2) is 75.6 Å². The molecule has 1 heterocycles. The van der Waals surface area contributed by atoms with Crippen LogP contribution in [0, 0.1) is 20.2 Å². The van der Waals surface area contributed by atoms with Crippen molar-refractivity contribution in [2.75, 3.05) is 12.2 Å². The van der Waals surface area contributed by atoms with E-state index < -0.39 is 46.0 Å². The van der Waals surface area contributed by atoms with E-state index in [1.165, 1.54) is 42.6 Å². The second-order valence-corrected chi connectivity index (χ2v) is 10.6. The first-order valence-electron chi connectivity index (χ1n) is 10.4. The lowest BCUT2D eigenvalue weighted by atomic mass is 10.2. The Balaban J connectivity index is 1.91. The fraction of sp³-hybridized carbons (Fsp3) is 0.100. The van der Waals surface area contributed by atoms with Crippen LogP contribution in [0.5, 0.6) is 5.75 Å². The molecule has 0 saturated heterocycles. The third-order valence-corrected chi connectivity index (χ3v) is 7.17. The summed E-state index contributed by atoms with van der Waals surface area (Å²) < 4.78 is 71.8. The van der Waals surface area contributed by atoms with Gasteiger partial charge in [0.05, 0.1) is 32.7 Å². The monoisotopic (exact) mass is 581 g/mol. The van der Waals surface area contributed by atoms with Crippen molar-refractivity contribution in [3.63, 3.8) is 0 Å². The molecule has 19 heteroatoms. The van der Waals surface area contributed by atoms with Crippen LogP contribution < -0.4 is 15.3 Å². The number of hydrogen-bond acceptors (Lipinski definition) is 12. The molecule has 0 amide bonds. The number of azo groups is 1. The molecule has 3 N–H and O–H groups in total. The predicted molar refractivity (Wildman–Crippen MR) is 130 cm³/mol. The standard InChI is InChI=1S/C20H16N6O11S2/c1-37-18-10-14(26(29)30)6-9-17(18)24-22-20(21-23(24)12-2-4-13(5-3-12)25(27)28)16-8-7-15(38(31,32)33)11-19(16)39(34,35)36/h2-11,20-21H,1H3,(H-,31,32,33,34,35,36)/p+1. The second-order valence-electron chi connectivity index (χ2n) is 7.78. The number of benzene rings is 3. The zero-order valence-corrected chi connectivity index (χ0v) is 21.1. The van der Waals surface area contributed by atoms with E-state index in [0.29, 0.717) is 6.07 Å². The van der Waals surface area contributed by atoms with Crippen LogP contribution >= 0.6 is 0 Å². The topological polar surface area (TPSA) is 235 Å². The van der Waals surface area contributed by atoms with Crippen LogP contribution in [0.2, 0.25) is 0 Å². The van der Waals surface area contributed by atoms with E-state index in [-0.39, 0.29) is 34.1 Å². The lowest BCUT2D eigenvalue weighted by Gasteiger charge is -2.15. The van der Waals surface area contributed by atoms with Crippen LogP contribution in [0.1, 0.15) is 11.7 Å². The highest BCUT2D eigenvalue weighted by molar-refractivity contribution is 7.86. The van der Waals surface area contributed by atoms with Crippen molar-refractivity contribution in [3.05, 3.63) is 86.5 Å². The number of hydrogen-bond donors (Lipinski definition) is 3. The highest BCUT2D eigenvalue weighted by atomic mass is 32.2. The lowest BCUT2D eigenvalue weighted by molar-refractivity contribution is -0.518. The van der Waals surface area contributed by atoms with Gasteiger partial charge >= 0.3 is 5.69 Å². The van der Waals surface area contributed by atoms with E-state index in [1.807, 2.05) is 0 Å². The van der Waals surface area contributed by atoms with Crippen molar-refractivity contribution in [1.82, 2.24) is 5.43 Å². The molecule has 3 aromatic rings. The molecule has 1 atom stereocenters. The van der Waals surface area contributed by atoms with Gasteiger partial charge in [0.1, 0.15) is 10.6 Å². The Morgan fingerprint density at radius 1 is 0.923 bits per heavy atom. The van der Waals surface area contributed by atoms with Gasteiger partial charge in [-0.05, 0) is 29.4 Å². The highest BCUT2D eigenvalue weighted by Gasteiger charge is 2.41.